The van der Waals surface area contributed by atoms with Gasteiger partial charge in [-0.15, -0.1) is 0 Å². The molecule has 0 aliphatic carbocycles. The van der Waals surface area contributed by atoms with E-state index in [-0.39, 0.29) is 5.56 Å². The SMILES string of the molecule is O=c1c2ccccc2nc2sc3ccc4ccccc4c3n12. The first-order valence-corrected chi connectivity index (χ1v) is 7.86. The van der Waals surface area contributed by atoms with Crippen molar-refractivity contribution < 1.29 is 0 Å². The highest BCUT2D eigenvalue weighted by atomic mass is 32.1. The van der Waals surface area contributed by atoms with Gasteiger partial charge in [-0.05, 0) is 23.6 Å². The Kier molecular flexibility index (Phi) is 2.24. The van der Waals surface area contributed by atoms with E-state index in [0.717, 1.165) is 31.5 Å². The van der Waals surface area contributed by atoms with Crippen LogP contribution in [0.3, 0.4) is 0 Å². The predicted octanol–water partition coefficient (Wildman–Crippen LogP) is 4.22. The lowest BCUT2D eigenvalue weighted by Gasteiger charge is -2.02. The zero-order chi connectivity index (χ0) is 14.7. The minimum atomic E-state index is 0.00297. The van der Waals surface area contributed by atoms with Gasteiger partial charge in [0.05, 0.1) is 21.1 Å². The van der Waals surface area contributed by atoms with Crippen molar-refractivity contribution in [1.82, 2.24) is 9.38 Å². The molecular weight excluding hydrogens is 292 g/mol. The molecule has 4 heteroatoms. The van der Waals surface area contributed by atoms with Gasteiger partial charge in [0.2, 0.25) is 0 Å². The van der Waals surface area contributed by atoms with Crippen molar-refractivity contribution in [3.05, 3.63) is 71.0 Å². The van der Waals surface area contributed by atoms with Crippen LogP contribution < -0.4 is 5.56 Å². The summed E-state index contributed by atoms with van der Waals surface area (Å²) in [6, 6.07) is 19.8. The maximum Gasteiger partial charge on any atom is 0.266 e. The van der Waals surface area contributed by atoms with E-state index in [4.69, 9.17) is 0 Å². The van der Waals surface area contributed by atoms with E-state index in [9.17, 15) is 4.79 Å². The minimum absolute atomic E-state index is 0.00297. The summed E-state index contributed by atoms with van der Waals surface area (Å²) in [7, 11) is 0. The highest BCUT2D eigenvalue weighted by molar-refractivity contribution is 7.23. The van der Waals surface area contributed by atoms with Crippen molar-refractivity contribution in [2.75, 3.05) is 0 Å². The first-order valence-electron chi connectivity index (χ1n) is 7.05. The summed E-state index contributed by atoms with van der Waals surface area (Å²) < 4.78 is 2.84. The fourth-order valence-electron chi connectivity index (χ4n) is 3.02. The molecule has 0 saturated carbocycles. The highest BCUT2D eigenvalue weighted by Gasteiger charge is 2.13. The topological polar surface area (TPSA) is 34.4 Å². The van der Waals surface area contributed by atoms with Gasteiger partial charge in [-0.1, -0.05) is 53.8 Å². The summed E-state index contributed by atoms with van der Waals surface area (Å²) in [6.45, 7) is 0. The normalized spacial score (nSPS) is 11.8. The van der Waals surface area contributed by atoms with E-state index in [1.54, 1.807) is 15.7 Å². The van der Waals surface area contributed by atoms with Gasteiger partial charge < -0.3 is 0 Å². The number of nitrogens with zero attached hydrogens (tertiary/aromatic N) is 2. The van der Waals surface area contributed by atoms with E-state index in [2.05, 4.69) is 29.2 Å². The van der Waals surface area contributed by atoms with E-state index < -0.39 is 0 Å². The quantitative estimate of drug-likeness (QED) is 0.429. The second kappa shape index (κ2) is 4.15. The minimum Gasteiger partial charge on any atom is -0.268 e. The third kappa shape index (κ3) is 1.45. The van der Waals surface area contributed by atoms with Gasteiger partial charge in [0.1, 0.15) is 0 Å². The molecule has 0 amide bonds. The predicted molar refractivity (Wildman–Crippen MR) is 91.9 cm³/mol. The van der Waals surface area contributed by atoms with Crippen molar-refractivity contribution in [2.45, 2.75) is 0 Å². The number of aromatic nitrogens is 2. The zero-order valence-corrected chi connectivity index (χ0v) is 12.3. The maximum absolute atomic E-state index is 12.9. The second-order valence-corrected chi connectivity index (χ2v) is 6.30. The lowest BCUT2D eigenvalue weighted by Crippen LogP contribution is -2.13. The number of fused-ring (bicyclic) bond motifs is 6. The fourth-order valence-corrected chi connectivity index (χ4v) is 4.06. The number of hydrogen-bond acceptors (Lipinski definition) is 3. The van der Waals surface area contributed by atoms with Crippen LogP contribution in [0.4, 0.5) is 0 Å². The Labute approximate surface area is 129 Å². The van der Waals surface area contributed by atoms with E-state index in [1.165, 1.54) is 0 Å². The van der Waals surface area contributed by atoms with Crippen molar-refractivity contribution in [1.29, 1.82) is 0 Å². The number of thiazole rings is 1. The molecule has 0 radical (unpaired) electrons. The third-order valence-corrected chi connectivity index (χ3v) is 5.04. The van der Waals surface area contributed by atoms with Crippen molar-refractivity contribution in [3.8, 4) is 0 Å². The monoisotopic (exact) mass is 302 g/mol. The Balaban J connectivity index is 2.16. The molecule has 0 aliphatic heterocycles. The zero-order valence-electron chi connectivity index (χ0n) is 11.5. The molecule has 0 aliphatic rings. The van der Waals surface area contributed by atoms with Crippen LogP contribution in [-0.4, -0.2) is 9.38 Å². The van der Waals surface area contributed by atoms with E-state index in [1.807, 2.05) is 36.4 Å². The largest absolute Gasteiger partial charge is 0.268 e. The molecule has 3 nitrogen and oxygen atoms in total. The van der Waals surface area contributed by atoms with Crippen molar-refractivity contribution >= 4 is 48.2 Å². The summed E-state index contributed by atoms with van der Waals surface area (Å²) in [5, 5.41) is 2.88. The standard InChI is InChI=1S/C18H10N2OS/c21-17-13-7-3-4-8-14(13)19-18-20(17)16-12-6-2-1-5-11(12)9-10-15(16)22-18/h1-10H. The van der Waals surface area contributed by atoms with Crippen LogP contribution in [-0.2, 0) is 0 Å². The molecule has 0 fully saturated rings. The Morgan fingerprint density at radius 1 is 0.864 bits per heavy atom. The Morgan fingerprint density at radius 3 is 2.55 bits per heavy atom. The average molecular weight is 302 g/mol. The molecule has 0 saturated heterocycles. The molecule has 0 bridgehead atoms. The number of para-hydroxylation sites is 1. The molecule has 2 heterocycles. The van der Waals surface area contributed by atoms with E-state index >= 15 is 0 Å². The van der Waals surface area contributed by atoms with Crippen LogP contribution in [0, 0.1) is 0 Å². The van der Waals surface area contributed by atoms with Gasteiger partial charge >= 0.3 is 0 Å². The van der Waals surface area contributed by atoms with Crippen LogP contribution in [0.1, 0.15) is 0 Å². The first kappa shape index (κ1) is 11.9. The molecule has 5 rings (SSSR count). The lowest BCUT2D eigenvalue weighted by molar-refractivity contribution is 1.16. The molecule has 104 valence electrons. The summed E-state index contributed by atoms with van der Waals surface area (Å²) in [4.78, 5) is 18.3. The van der Waals surface area contributed by atoms with Crippen molar-refractivity contribution in [3.63, 3.8) is 0 Å². The maximum atomic E-state index is 12.9. The molecule has 2 aromatic heterocycles. The van der Waals surface area contributed by atoms with Crippen LogP contribution in [0.2, 0.25) is 0 Å². The molecule has 3 aromatic carbocycles. The average Bonchev–Trinajstić information content (AvgIpc) is 2.94. The van der Waals surface area contributed by atoms with Crippen molar-refractivity contribution in [2.24, 2.45) is 0 Å². The van der Waals surface area contributed by atoms with E-state index in [0.29, 0.717) is 5.39 Å². The first-order chi connectivity index (χ1) is 10.8. The summed E-state index contributed by atoms with van der Waals surface area (Å²) in [5.74, 6) is 0. The number of benzene rings is 3. The Hall–Kier alpha value is -2.72. The second-order valence-electron chi connectivity index (χ2n) is 5.29. The van der Waals surface area contributed by atoms with Gasteiger partial charge in [0, 0.05) is 5.39 Å². The van der Waals surface area contributed by atoms with Gasteiger partial charge in [-0.2, -0.15) is 0 Å². The van der Waals surface area contributed by atoms with Gasteiger partial charge in [0.15, 0.2) is 4.96 Å². The summed E-state index contributed by atoms with van der Waals surface area (Å²) in [6.07, 6.45) is 0. The summed E-state index contributed by atoms with van der Waals surface area (Å²) >= 11 is 1.56. The van der Waals surface area contributed by atoms with Crippen LogP contribution >= 0.6 is 11.3 Å². The lowest BCUT2D eigenvalue weighted by atomic mass is 10.1. The van der Waals surface area contributed by atoms with Crippen LogP contribution in [0.15, 0.2) is 65.5 Å². The summed E-state index contributed by atoms with van der Waals surface area (Å²) in [5.41, 5.74) is 1.72. The smallest absolute Gasteiger partial charge is 0.266 e. The molecule has 0 N–H and O–H groups in total. The Bertz CT molecular complexity index is 1250. The molecule has 0 spiro atoms. The van der Waals surface area contributed by atoms with Gasteiger partial charge in [-0.25, -0.2) is 9.38 Å². The fraction of sp³-hybridized carbons (Fsp3) is 0. The van der Waals surface area contributed by atoms with Crippen LogP contribution in [0.25, 0.3) is 36.9 Å². The molecule has 0 unspecified atom stereocenters. The van der Waals surface area contributed by atoms with Gasteiger partial charge in [-0.3, -0.25) is 4.79 Å². The third-order valence-electron chi connectivity index (χ3n) is 4.03. The van der Waals surface area contributed by atoms with Crippen LogP contribution in [0.5, 0.6) is 0 Å². The number of hydrogen-bond donors (Lipinski definition) is 0. The molecular formula is C18H10N2OS. The van der Waals surface area contributed by atoms with Gasteiger partial charge in [0.25, 0.3) is 5.56 Å². The number of rotatable bonds is 0. The molecule has 22 heavy (non-hydrogen) atoms. The Morgan fingerprint density at radius 2 is 1.64 bits per heavy atom. The molecule has 5 aromatic rings. The highest BCUT2D eigenvalue weighted by Crippen LogP contribution is 2.31. The molecule has 0 atom stereocenters.